The van der Waals surface area contributed by atoms with Crippen molar-refractivity contribution in [3.63, 3.8) is 0 Å². The van der Waals surface area contributed by atoms with Crippen LogP contribution in [0, 0.1) is 0 Å². The number of rotatable bonds is 5. The molecule has 0 saturated heterocycles. The van der Waals surface area contributed by atoms with Crippen LogP contribution in [0.5, 0.6) is 11.5 Å². The highest BCUT2D eigenvalue weighted by Gasteiger charge is 2.25. The third kappa shape index (κ3) is 2.86. The van der Waals surface area contributed by atoms with Gasteiger partial charge in [0, 0.05) is 12.1 Å². The number of methoxy groups -OCH3 is 2. The van der Waals surface area contributed by atoms with Gasteiger partial charge < -0.3 is 14.4 Å². The normalized spacial score (nSPS) is 18.3. The van der Waals surface area contributed by atoms with Crippen molar-refractivity contribution in [2.75, 3.05) is 27.3 Å². The molecule has 1 atom stereocenters. The summed E-state index contributed by atoms with van der Waals surface area (Å²) < 4.78 is 10.9. The highest BCUT2D eigenvalue weighted by molar-refractivity contribution is 5.48. The van der Waals surface area contributed by atoms with Crippen molar-refractivity contribution in [1.82, 2.24) is 4.90 Å². The molecule has 19 heavy (non-hydrogen) atoms. The number of nitrogens with zero attached hydrogens (tertiary/aromatic N) is 1. The average Bonchev–Trinajstić information content (AvgIpc) is 2.47. The Morgan fingerprint density at radius 1 is 1.16 bits per heavy atom. The molecular weight excluding hydrogens is 238 g/mol. The minimum absolute atomic E-state index is 0.652. The van der Waals surface area contributed by atoms with Crippen LogP contribution >= 0.6 is 0 Å². The van der Waals surface area contributed by atoms with Crippen LogP contribution in [0.25, 0.3) is 0 Å². The largest absolute Gasteiger partial charge is 0.497 e. The molecule has 1 aliphatic carbocycles. The van der Waals surface area contributed by atoms with Crippen LogP contribution in [0.3, 0.4) is 0 Å². The Hall–Kier alpha value is -1.22. The first kappa shape index (κ1) is 14.2. The Morgan fingerprint density at radius 2 is 1.89 bits per heavy atom. The van der Waals surface area contributed by atoms with E-state index in [4.69, 9.17) is 9.47 Å². The summed E-state index contributed by atoms with van der Waals surface area (Å²) in [7, 11) is 3.46. The van der Waals surface area contributed by atoms with E-state index in [-0.39, 0.29) is 0 Å². The minimum Gasteiger partial charge on any atom is -0.497 e. The van der Waals surface area contributed by atoms with Crippen molar-refractivity contribution in [2.45, 2.75) is 39.2 Å². The lowest BCUT2D eigenvalue weighted by Gasteiger charge is -2.34. The smallest absolute Gasteiger partial charge is 0.126 e. The average molecular weight is 263 g/mol. The van der Waals surface area contributed by atoms with Crippen LogP contribution in [0.4, 0.5) is 0 Å². The van der Waals surface area contributed by atoms with Crippen LogP contribution < -0.4 is 9.47 Å². The molecule has 106 valence electrons. The molecule has 0 heterocycles. The van der Waals surface area contributed by atoms with Crippen molar-refractivity contribution in [3.05, 3.63) is 23.3 Å². The maximum atomic E-state index is 5.51. The van der Waals surface area contributed by atoms with Gasteiger partial charge in [0.1, 0.15) is 11.5 Å². The van der Waals surface area contributed by atoms with E-state index in [1.165, 1.54) is 17.5 Å². The Bertz CT molecular complexity index is 427. The van der Waals surface area contributed by atoms with E-state index in [2.05, 4.69) is 24.8 Å². The fourth-order valence-corrected chi connectivity index (χ4v) is 3.16. The molecular formula is C16H25NO2. The van der Waals surface area contributed by atoms with Crippen LogP contribution in [0.1, 0.15) is 31.4 Å². The second-order valence-electron chi connectivity index (χ2n) is 5.09. The molecule has 0 N–H and O–H groups in total. The fraction of sp³-hybridized carbons (Fsp3) is 0.625. The zero-order chi connectivity index (χ0) is 13.8. The molecule has 0 aromatic heterocycles. The fourth-order valence-electron chi connectivity index (χ4n) is 3.16. The molecule has 0 spiro atoms. The molecule has 3 heteroatoms. The van der Waals surface area contributed by atoms with E-state index in [0.29, 0.717) is 6.04 Å². The van der Waals surface area contributed by atoms with Crippen molar-refractivity contribution in [1.29, 1.82) is 0 Å². The van der Waals surface area contributed by atoms with Crippen LogP contribution in [0.15, 0.2) is 12.1 Å². The lowest BCUT2D eigenvalue weighted by molar-refractivity contribution is 0.197. The summed E-state index contributed by atoms with van der Waals surface area (Å²) in [4.78, 5) is 2.55. The highest BCUT2D eigenvalue weighted by Crippen LogP contribution is 2.35. The number of benzene rings is 1. The number of hydrogen-bond acceptors (Lipinski definition) is 3. The summed E-state index contributed by atoms with van der Waals surface area (Å²) in [5, 5.41) is 0. The van der Waals surface area contributed by atoms with E-state index in [1.54, 1.807) is 14.2 Å². The van der Waals surface area contributed by atoms with Gasteiger partial charge in [0.15, 0.2) is 0 Å². The van der Waals surface area contributed by atoms with Gasteiger partial charge in [-0.3, -0.25) is 0 Å². The molecule has 2 rings (SSSR count). The Labute approximate surface area is 116 Å². The maximum absolute atomic E-state index is 5.51. The topological polar surface area (TPSA) is 21.7 Å². The van der Waals surface area contributed by atoms with Gasteiger partial charge >= 0.3 is 0 Å². The molecule has 1 aromatic rings. The van der Waals surface area contributed by atoms with Gasteiger partial charge in [-0.15, -0.1) is 0 Å². The molecule has 0 bridgehead atoms. The first-order chi connectivity index (χ1) is 9.23. The van der Waals surface area contributed by atoms with E-state index >= 15 is 0 Å². The number of hydrogen-bond donors (Lipinski definition) is 0. The van der Waals surface area contributed by atoms with Crippen molar-refractivity contribution in [2.24, 2.45) is 0 Å². The second kappa shape index (κ2) is 6.29. The van der Waals surface area contributed by atoms with E-state index in [1.807, 2.05) is 6.07 Å². The first-order valence-corrected chi connectivity index (χ1v) is 7.21. The summed E-state index contributed by atoms with van der Waals surface area (Å²) in [5.74, 6) is 1.88. The molecule has 0 aliphatic heterocycles. The van der Waals surface area contributed by atoms with Gasteiger partial charge in [-0.25, -0.2) is 0 Å². The van der Waals surface area contributed by atoms with E-state index in [9.17, 15) is 0 Å². The van der Waals surface area contributed by atoms with Crippen LogP contribution in [0.2, 0.25) is 0 Å². The summed E-state index contributed by atoms with van der Waals surface area (Å²) in [6, 6.07) is 4.82. The predicted octanol–water partition coefficient (Wildman–Crippen LogP) is 2.90. The summed E-state index contributed by atoms with van der Waals surface area (Å²) >= 11 is 0. The van der Waals surface area contributed by atoms with Gasteiger partial charge in [0.25, 0.3) is 0 Å². The minimum atomic E-state index is 0.652. The van der Waals surface area contributed by atoms with Gasteiger partial charge in [-0.05, 0) is 49.5 Å². The zero-order valence-electron chi connectivity index (χ0n) is 12.5. The Morgan fingerprint density at radius 3 is 2.47 bits per heavy atom. The third-order valence-corrected chi connectivity index (χ3v) is 4.24. The van der Waals surface area contributed by atoms with E-state index in [0.717, 1.165) is 37.4 Å². The molecule has 3 nitrogen and oxygen atoms in total. The molecule has 0 unspecified atom stereocenters. The van der Waals surface area contributed by atoms with Crippen molar-refractivity contribution in [3.8, 4) is 11.5 Å². The van der Waals surface area contributed by atoms with Gasteiger partial charge in [0.2, 0.25) is 0 Å². The van der Waals surface area contributed by atoms with Gasteiger partial charge in [-0.1, -0.05) is 13.8 Å². The number of likely N-dealkylation sites (N-methyl/N-ethyl adjacent to an activating group) is 1. The number of ether oxygens (including phenoxy) is 2. The lowest BCUT2D eigenvalue weighted by atomic mass is 9.86. The van der Waals surface area contributed by atoms with Crippen molar-refractivity contribution < 1.29 is 9.47 Å². The van der Waals surface area contributed by atoms with E-state index < -0.39 is 0 Å². The first-order valence-electron chi connectivity index (χ1n) is 7.21. The Balaban J connectivity index is 2.28. The van der Waals surface area contributed by atoms with Gasteiger partial charge in [-0.2, -0.15) is 0 Å². The molecule has 1 aromatic carbocycles. The quantitative estimate of drug-likeness (QED) is 0.815. The molecule has 0 amide bonds. The standard InChI is InChI=1S/C16H25NO2/c1-5-17(6-2)13-7-8-15-12(9-13)10-14(18-3)11-16(15)19-4/h10-11,13H,5-9H2,1-4H3/t13-/m0/s1. The highest BCUT2D eigenvalue weighted by atomic mass is 16.5. The molecule has 0 saturated carbocycles. The summed E-state index contributed by atoms with van der Waals surface area (Å²) in [5.41, 5.74) is 2.76. The molecule has 0 radical (unpaired) electrons. The van der Waals surface area contributed by atoms with Crippen LogP contribution in [-0.2, 0) is 12.8 Å². The molecule has 1 aliphatic rings. The third-order valence-electron chi connectivity index (χ3n) is 4.24. The maximum Gasteiger partial charge on any atom is 0.126 e. The zero-order valence-corrected chi connectivity index (χ0v) is 12.5. The summed E-state index contributed by atoms with van der Waals surface area (Å²) in [6.07, 6.45) is 3.42. The van der Waals surface area contributed by atoms with Crippen molar-refractivity contribution >= 4 is 0 Å². The Kier molecular flexibility index (Phi) is 4.70. The van der Waals surface area contributed by atoms with Gasteiger partial charge in [0.05, 0.1) is 14.2 Å². The SMILES string of the molecule is CCN(CC)[C@H]1CCc2c(cc(OC)cc2OC)C1. The lowest BCUT2D eigenvalue weighted by Crippen LogP contribution is -2.39. The van der Waals surface area contributed by atoms with Crippen LogP contribution in [-0.4, -0.2) is 38.3 Å². The predicted molar refractivity (Wildman–Crippen MR) is 78.3 cm³/mol. The monoisotopic (exact) mass is 263 g/mol. The molecule has 0 fully saturated rings. The second-order valence-corrected chi connectivity index (χ2v) is 5.09. The number of fused-ring (bicyclic) bond motifs is 1. The summed E-state index contributed by atoms with van der Waals surface area (Å²) in [6.45, 7) is 6.73.